The summed E-state index contributed by atoms with van der Waals surface area (Å²) in [6.07, 6.45) is -2.47. The largest absolute Gasteiger partial charge is 0.451 e. The number of nitrogens with zero attached hydrogens (tertiary/aromatic N) is 8. The van der Waals surface area contributed by atoms with Crippen LogP contribution in [0.2, 0.25) is 0 Å². The first-order valence-electron chi connectivity index (χ1n) is 30.5. The fourth-order valence-corrected chi connectivity index (χ4v) is 10.7. The van der Waals surface area contributed by atoms with Gasteiger partial charge >= 0.3 is 23.9 Å². The van der Waals surface area contributed by atoms with Gasteiger partial charge in [0, 0.05) is 64.8 Å². The predicted molar refractivity (Wildman–Crippen MR) is 326 cm³/mol. The summed E-state index contributed by atoms with van der Waals surface area (Å²) in [5, 5.41) is 9.01. The maximum absolute atomic E-state index is 15.1. The van der Waals surface area contributed by atoms with Gasteiger partial charge in [-0.05, 0) is 109 Å². The van der Waals surface area contributed by atoms with Gasteiger partial charge in [-0.1, -0.05) is 132 Å². The highest BCUT2D eigenvalue weighted by Crippen LogP contribution is 2.26. The SMILES string of the molecule is CC(C)C[C@H]1C(=O)O[C@H](Cc2ccc(Cn3nccc3C(C)C)cc2)C(=O)N(C)[C@@H](CC(C)C)C(=O)O[C@H](C)C(=O)N(C)[C@@H](CC(C)C)C(=O)O[C@H](Cc2ccc(Cn3nccc3C(C)C)cc2)C(=O)N(C)[C@@H](CC(C)C)C(=O)O[C@H](C)C(=O)N1C. The number of amides is 4. The molecule has 0 aliphatic carbocycles. The fourth-order valence-electron chi connectivity index (χ4n) is 10.7. The topological polar surface area (TPSA) is 222 Å². The van der Waals surface area contributed by atoms with Crippen LogP contribution in [0, 0.1) is 23.7 Å². The van der Waals surface area contributed by atoms with Crippen molar-refractivity contribution in [3.8, 4) is 0 Å². The predicted octanol–water partition coefficient (Wildman–Crippen LogP) is 8.40. The molecule has 0 saturated carbocycles. The first kappa shape index (κ1) is 69.4. The molecule has 20 nitrogen and oxygen atoms in total. The number of cyclic esters (lactones) is 4. The van der Waals surface area contributed by atoms with Crippen molar-refractivity contribution in [1.82, 2.24) is 39.2 Å². The van der Waals surface area contributed by atoms with Gasteiger partial charge < -0.3 is 38.5 Å². The van der Waals surface area contributed by atoms with Crippen molar-refractivity contribution in [2.45, 2.75) is 209 Å². The average molecular weight is 1190 g/mol. The van der Waals surface area contributed by atoms with Crippen LogP contribution < -0.4 is 0 Å². The minimum absolute atomic E-state index is 0.0825. The Hall–Kier alpha value is -7.38. The van der Waals surface area contributed by atoms with E-state index in [1.165, 1.54) is 51.8 Å². The highest BCUT2D eigenvalue weighted by atomic mass is 16.6. The van der Waals surface area contributed by atoms with Crippen LogP contribution >= 0.6 is 0 Å². The molecule has 4 aromatic rings. The van der Waals surface area contributed by atoms with E-state index in [0.717, 1.165) is 32.3 Å². The zero-order chi connectivity index (χ0) is 64.0. The Balaban J connectivity index is 1.59. The number of carbonyl (C=O) groups is 8. The van der Waals surface area contributed by atoms with Crippen LogP contribution in [0.5, 0.6) is 0 Å². The van der Waals surface area contributed by atoms with E-state index >= 15 is 9.59 Å². The number of carbonyl (C=O) groups excluding carboxylic acids is 8. The van der Waals surface area contributed by atoms with Crippen molar-refractivity contribution in [2.75, 3.05) is 28.2 Å². The molecule has 3 heterocycles. The first-order chi connectivity index (χ1) is 40.4. The van der Waals surface area contributed by atoms with E-state index in [0.29, 0.717) is 24.2 Å². The van der Waals surface area contributed by atoms with Crippen molar-refractivity contribution in [3.05, 3.63) is 107 Å². The molecule has 20 heteroatoms. The van der Waals surface area contributed by atoms with E-state index in [1.807, 2.05) is 125 Å². The van der Waals surface area contributed by atoms with E-state index < -0.39 is 96.1 Å². The molecule has 0 unspecified atom stereocenters. The van der Waals surface area contributed by atoms with Gasteiger partial charge in [-0.25, -0.2) is 19.2 Å². The van der Waals surface area contributed by atoms with Crippen LogP contribution in [0.25, 0.3) is 0 Å². The van der Waals surface area contributed by atoms with Gasteiger partial charge in [0.2, 0.25) is 0 Å². The van der Waals surface area contributed by atoms with Gasteiger partial charge in [-0.2, -0.15) is 10.2 Å². The Bertz CT molecular complexity index is 2720. The summed E-state index contributed by atoms with van der Waals surface area (Å²) in [5.41, 5.74) is 5.23. The average Bonchev–Trinajstić information content (AvgIpc) is 2.66. The Morgan fingerprint density at radius 3 is 0.895 bits per heavy atom. The molecule has 1 aliphatic heterocycles. The number of aromatic nitrogens is 4. The third kappa shape index (κ3) is 18.8. The van der Waals surface area contributed by atoms with Crippen molar-refractivity contribution in [2.24, 2.45) is 23.7 Å². The van der Waals surface area contributed by atoms with Crippen LogP contribution in [0.15, 0.2) is 73.1 Å². The third-order valence-electron chi connectivity index (χ3n) is 15.7. The summed E-state index contributed by atoms with van der Waals surface area (Å²) in [6, 6.07) is 13.7. The molecule has 8 atom stereocenters. The second kappa shape index (κ2) is 31.3. The lowest BCUT2D eigenvalue weighted by molar-refractivity contribution is -0.176. The molecule has 86 heavy (non-hydrogen) atoms. The summed E-state index contributed by atoms with van der Waals surface area (Å²) in [5.74, 6) is -6.93. The van der Waals surface area contributed by atoms with E-state index in [9.17, 15) is 28.8 Å². The zero-order valence-electron chi connectivity index (χ0n) is 54.1. The number of esters is 4. The van der Waals surface area contributed by atoms with Crippen LogP contribution in [0.3, 0.4) is 0 Å². The molecular weight excluding hydrogens is 1100 g/mol. The normalized spacial score (nSPS) is 22.6. The van der Waals surface area contributed by atoms with Crippen molar-refractivity contribution in [1.29, 1.82) is 0 Å². The summed E-state index contributed by atoms with van der Waals surface area (Å²) < 4.78 is 28.2. The fraction of sp³-hybridized carbons (Fsp3) is 0.606. The lowest BCUT2D eigenvalue weighted by Crippen LogP contribution is -2.55. The second-order valence-corrected chi connectivity index (χ2v) is 25.6. The maximum Gasteiger partial charge on any atom is 0.329 e. The second-order valence-electron chi connectivity index (χ2n) is 25.6. The van der Waals surface area contributed by atoms with E-state index in [1.54, 1.807) is 12.4 Å². The molecule has 0 spiro atoms. The van der Waals surface area contributed by atoms with Gasteiger partial charge in [-0.3, -0.25) is 28.5 Å². The molecule has 4 amide bonds. The molecule has 1 fully saturated rings. The summed E-state index contributed by atoms with van der Waals surface area (Å²) in [6.45, 7) is 26.9. The number of likely N-dealkylation sites (N-methyl/N-ethyl adjacent to an activating group) is 4. The monoisotopic (exact) mass is 1190 g/mol. The van der Waals surface area contributed by atoms with Crippen molar-refractivity contribution >= 4 is 47.5 Å². The smallest absolute Gasteiger partial charge is 0.329 e. The van der Waals surface area contributed by atoms with Crippen molar-refractivity contribution in [3.63, 3.8) is 0 Å². The molecule has 472 valence electrons. The van der Waals surface area contributed by atoms with E-state index in [4.69, 9.17) is 18.9 Å². The van der Waals surface area contributed by atoms with Crippen molar-refractivity contribution < 1.29 is 57.3 Å². The molecule has 0 bridgehead atoms. The van der Waals surface area contributed by atoms with Crippen LogP contribution in [0.1, 0.15) is 168 Å². The minimum atomic E-state index is -1.54. The van der Waals surface area contributed by atoms with Crippen LogP contribution in [-0.4, -0.2) is 163 Å². The van der Waals surface area contributed by atoms with Crippen LogP contribution in [0.4, 0.5) is 0 Å². The number of hydrogen-bond acceptors (Lipinski definition) is 14. The molecule has 2 aromatic heterocycles. The molecular formula is C66H96N8O12. The van der Waals surface area contributed by atoms with Gasteiger partial charge in [0.25, 0.3) is 23.6 Å². The maximum atomic E-state index is 15.1. The Morgan fingerprint density at radius 2 is 0.628 bits per heavy atom. The van der Waals surface area contributed by atoms with E-state index in [2.05, 4.69) is 37.9 Å². The Kier molecular flexibility index (Phi) is 25.3. The lowest BCUT2D eigenvalue weighted by Gasteiger charge is -2.35. The van der Waals surface area contributed by atoms with Gasteiger partial charge in [-0.15, -0.1) is 0 Å². The van der Waals surface area contributed by atoms with Crippen LogP contribution in [-0.2, 0) is 83.2 Å². The minimum Gasteiger partial charge on any atom is -0.451 e. The van der Waals surface area contributed by atoms with Gasteiger partial charge in [0.15, 0.2) is 24.4 Å². The van der Waals surface area contributed by atoms with Gasteiger partial charge in [0.05, 0.1) is 13.1 Å². The quantitative estimate of drug-likeness (QED) is 0.0674. The summed E-state index contributed by atoms with van der Waals surface area (Å²) in [7, 11) is 5.60. The Morgan fingerprint density at radius 1 is 0.372 bits per heavy atom. The summed E-state index contributed by atoms with van der Waals surface area (Å²) in [4.78, 5) is 123. The van der Waals surface area contributed by atoms with E-state index in [-0.39, 0.29) is 74.0 Å². The number of ether oxygens (including phenoxy) is 4. The molecule has 1 saturated heterocycles. The number of hydrogen-bond donors (Lipinski definition) is 0. The molecule has 5 rings (SSSR count). The first-order valence-corrected chi connectivity index (χ1v) is 30.5. The molecule has 1 aliphatic rings. The molecule has 0 radical (unpaired) electrons. The Labute approximate surface area is 509 Å². The molecule has 0 N–H and O–H groups in total. The highest BCUT2D eigenvalue weighted by molar-refractivity contribution is 5.94. The summed E-state index contributed by atoms with van der Waals surface area (Å²) >= 11 is 0. The third-order valence-corrected chi connectivity index (χ3v) is 15.7. The highest BCUT2D eigenvalue weighted by Gasteiger charge is 2.43. The number of rotatable bonds is 18. The standard InChI is InChI=1S/C66H96N8O12/c1-39(2)31-53-63(79)83-45(13)59(75)69(15)56(34-42(7)8)66(82)86-58(36-48-21-25-50(26-22-48)38-74-52(44(11)12)28-30-68-74)62(78)72(18)54(32-40(3)4)64(80)84-46(14)60(76)70(16)55(33-41(5)6)65(81)85-57(61(77)71(53)17)35-47-19-23-49(24-20-47)37-73-51(43(9)10)27-29-67-73/h19-30,39-46,53-58H,31-38H2,1-18H3/t45-,46-,53+,54+,55+,56+,57-,58-/m1/s1. The van der Waals surface area contributed by atoms with Gasteiger partial charge in [0.1, 0.15) is 24.2 Å². The molecule has 2 aromatic carbocycles. The number of benzene rings is 2. The zero-order valence-corrected chi connectivity index (χ0v) is 54.1. The lowest BCUT2D eigenvalue weighted by atomic mass is 9.99.